The lowest BCUT2D eigenvalue weighted by Gasteiger charge is -2.22. The summed E-state index contributed by atoms with van der Waals surface area (Å²) in [5.41, 5.74) is 0.0183. The van der Waals surface area contributed by atoms with E-state index < -0.39 is 23.8 Å². The van der Waals surface area contributed by atoms with Crippen LogP contribution < -0.4 is 5.32 Å². The maximum atomic E-state index is 13.5. The van der Waals surface area contributed by atoms with E-state index in [1.165, 1.54) is 6.07 Å². The molecular formula is C15H20F2N2O2. The predicted octanol–water partition coefficient (Wildman–Crippen LogP) is 1.60. The summed E-state index contributed by atoms with van der Waals surface area (Å²) >= 11 is 0. The molecule has 2 unspecified atom stereocenters. The third-order valence-corrected chi connectivity index (χ3v) is 3.73. The Morgan fingerprint density at radius 1 is 1.38 bits per heavy atom. The number of aliphatic hydroxyl groups excluding tert-OH is 1. The molecule has 1 heterocycles. The van der Waals surface area contributed by atoms with Crippen molar-refractivity contribution in [3.8, 4) is 0 Å². The molecule has 1 amide bonds. The molecule has 1 fully saturated rings. The topological polar surface area (TPSA) is 52.6 Å². The molecule has 1 aliphatic rings. The van der Waals surface area contributed by atoms with Crippen molar-refractivity contribution in [2.75, 3.05) is 19.6 Å². The monoisotopic (exact) mass is 298 g/mol. The molecule has 0 saturated carbocycles. The highest BCUT2D eigenvalue weighted by Gasteiger charge is 2.23. The van der Waals surface area contributed by atoms with Crippen molar-refractivity contribution in [1.82, 2.24) is 10.2 Å². The summed E-state index contributed by atoms with van der Waals surface area (Å²) in [5, 5.41) is 12.8. The second-order valence-electron chi connectivity index (χ2n) is 5.34. The minimum Gasteiger partial charge on any atom is -0.387 e. The van der Waals surface area contributed by atoms with E-state index in [1.807, 2.05) is 0 Å². The van der Waals surface area contributed by atoms with Crippen LogP contribution in [-0.2, 0) is 4.79 Å². The number of amides is 1. The van der Waals surface area contributed by atoms with E-state index in [0.717, 1.165) is 38.1 Å². The van der Waals surface area contributed by atoms with Gasteiger partial charge in [0, 0.05) is 31.3 Å². The number of likely N-dealkylation sites (tertiary alicyclic amines) is 1. The van der Waals surface area contributed by atoms with Crippen LogP contribution in [0.1, 0.15) is 31.4 Å². The number of benzene rings is 1. The number of carbonyl (C=O) groups is 1. The van der Waals surface area contributed by atoms with Gasteiger partial charge in [0.2, 0.25) is 5.91 Å². The molecule has 2 rings (SSSR count). The third-order valence-electron chi connectivity index (χ3n) is 3.73. The second-order valence-corrected chi connectivity index (χ2v) is 5.34. The van der Waals surface area contributed by atoms with Crippen molar-refractivity contribution >= 4 is 5.91 Å². The van der Waals surface area contributed by atoms with E-state index in [4.69, 9.17) is 0 Å². The number of halogens is 2. The number of nitrogens with one attached hydrogen (secondary N) is 1. The second kappa shape index (κ2) is 6.95. The Morgan fingerprint density at radius 3 is 2.67 bits per heavy atom. The van der Waals surface area contributed by atoms with Gasteiger partial charge in [0.1, 0.15) is 11.6 Å². The van der Waals surface area contributed by atoms with Crippen LogP contribution in [0.25, 0.3) is 0 Å². The number of aliphatic hydroxyl groups is 1. The summed E-state index contributed by atoms with van der Waals surface area (Å²) in [4.78, 5) is 13.8. The normalized spacial score (nSPS) is 17.8. The SMILES string of the molecule is CC(NCC(O)c1ccc(F)cc1F)C(=O)N1CCCC1. The van der Waals surface area contributed by atoms with Crippen LogP contribution in [0.4, 0.5) is 8.78 Å². The highest BCUT2D eigenvalue weighted by atomic mass is 19.1. The maximum Gasteiger partial charge on any atom is 0.239 e. The van der Waals surface area contributed by atoms with Crippen molar-refractivity contribution < 1.29 is 18.7 Å². The van der Waals surface area contributed by atoms with Crippen LogP contribution in [0.3, 0.4) is 0 Å². The zero-order valence-electron chi connectivity index (χ0n) is 12.0. The average Bonchev–Trinajstić information content (AvgIpc) is 2.97. The van der Waals surface area contributed by atoms with Crippen LogP contribution in [0.15, 0.2) is 18.2 Å². The van der Waals surface area contributed by atoms with Gasteiger partial charge in [0.05, 0.1) is 12.1 Å². The Bertz CT molecular complexity index is 504. The molecule has 0 radical (unpaired) electrons. The Morgan fingerprint density at radius 2 is 2.05 bits per heavy atom. The van der Waals surface area contributed by atoms with Crippen LogP contribution in [0.2, 0.25) is 0 Å². The number of hydrogen-bond donors (Lipinski definition) is 2. The van der Waals surface area contributed by atoms with Gasteiger partial charge in [-0.3, -0.25) is 4.79 Å². The van der Waals surface area contributed by atoms with Gasteiger partial charge in [-0.1, -0.05) is 6.07 Å². The Labute approximate surface area is 122 Å². The molecule has 4 nitrogen and oxygen atoms in total. The lowest BCUT2D eigenvalue weighted by Crippen LogP contribution is -2.44. The zero-order valence-corrected chi connectivity index (χ0v) is 12.0. The van der Waals surface area contributed by atoms with Gasteiger partial charge in [0.25, 0.3) is 0 Å². The number of rotatable bonds is 5. The Balaban J connectivity index is 1.88. The van der Waals surface area contributed by atoms with Gasteiger partial charge in [0.15, 0.2) is 0 Å². The van der Waals surface area contributed by atoms with Gasteiger partial charge < -0.3 is 15.3 Å². The highest BCUT2D eigenvalue weighted by Crippen LogP contribution is 2.17. The molecule has 1 saturated heterocycles. The molecule has 1 aliphatic heterocycles. The summed E-state index contributed by atoms with van der Waals surface area (Å²) in [6.07, 6.45) is 0.906. The van der Waals surface area contributed by atoms with E-state index in [1.54, 1.807) is 11.8 Å². The Kier molecular flexibility index (Phi) is 5.25. The fourth-order valence-corrected chi connectivity index (χ4v) is 2.47. The van der Waals surface area contributed by atoms with E-state index in [-0.39, 0.29) is 18.0 Å². The summed E-state index contributed by atoms with van der Waals surface area (Å²) in [6, 6.07) is 2.60. The minimum atomic E-state index is -1.13. The summed E-state index contributed by atoms with van der Waals surface area (Å²) in [6.45, 7) is 3.28. The summed E-state index contributed by atoms with van der Waals surface area (Å²) in [7, 11) is 0. The first-order chi connectivity index (χ1) is 9.99. The van der Waals surface area contributed by atoms with Crippen LogP contribution in [-0.4, -0.2) is 41.6 Å². The van der Waals surface area contributed by atoms with Gasteiger partial charge in [-0.05, 0) is 25.8 Å². The van der Waals surface area contributed by atoms with E-state index in [9.17, 15) is 18.7 Å². The smallest absolute Gasteiger partial charge is 0.239 e. The highest BCUT2D eigenvalue weighted by molar-refractivity contribution is 5.81. The molecule has 1 aromatic rings. The molecule has 116 valence electrons. The molecule has 6 heteroatoms. The first kappa shape index (κ1) is 15.9. The van der Waals surface area contributed by atoms with E-state index in [0.29, 0.717) is 0 Å². The molecular weight excluding hydrogens is 278 g/mol. The van der Waals surface area contributed by atoms with E-state index >= 15 is 0 Å². The molecule has 0 bridgehead atoms. The van der Waals surface area contributed by atoms with Crippen molar-refractivity contribution in [2.45, 2.75) is 31.9 Å². The Hall–Kier alpha value is -1.53. The van der Waals surface area contributed by atoms with Crippen LogP contribution in [0.5, 0.6) is 0 Å². The van der Waals surface area contributed by atoms with Crippen molar-refractivity contribution in [3.63, 3.8) is 0 Å². The molecule has 1 aromatic carbocycles. The van der Waals surface area contributed by atoms with Crippen LogP contribution in [0, 0.1) is 11.6 Å². The lowest BCUT2D eigenvalue weighted by atomic mass is 10.1. The predicted molar refractivity (Wildman–Crippen MR) is 74.6 cm³/mol. The van der Waals surface area contributed by atoms with Crippen molar-refractivity contribution in [3.05, 3.63) is 35.4 Å². The molecule has 0 spiro atoms. The molecule has 2 N–H and O–H groups in total. The fourth-order valence-electron chi connectivity index (χ4n) is 2.47. The van der Waals surface area contributed by atoms with Gasteiger partial charge in [-0.2, -0.15) is 0 Å². The van der Waals surface area contributed by atoms with Gasteiger partial charge in [-0.25, -0.2) is 8.78 Å². The number of nitrogens with zero attached hydrogens (tertiary/aromatic N) is 1. The fraction of sp³-hybridized carbons (Fsp3) is 0.533. The first-order valence-electron chi connectivity index (χ1n) is 7.14. The zero-order chi connectivity index (χ0) is 15.4. The summed E-state index contributed by atoms with van der Waals surface area (Å²) in [5.74, 6) is -1.49. The lowest BCUT2D eigenvalue weighted by molar-refractivity contribution is -0.132. The van der Waals surface area contributed by atoms with Gasteiger partial charge in [-0.15, -0.1) is 0 Å². The standard InChI is InChI=1S/C15H20F2N2O2/c1-10(15(21)19-6-2-3-7-19)18-9-14(20)12-5-4-11(16)8-13(12)17/h4-5,8,10,14,18,20H,2-3,6-7,9H2,1H3. The van der Waals surface area contributed by atoms with E-state index in [2.05, 4.69) is 5.32 Å². The quantitative estimate of drug-likeness (QED) is 0.868. The molecule has 21 heavy (non-hydrogen) atoms. The number of carbonyl (C=O) groups excluding carboxylic acids is 1. The molecule has 2 atom stereocenters. The van der Waals surface area contributed by atoms with Crippen LogP contribution >= 0.6 is 0 Å². The van der Waals surface area contributed by atoms with Crippen molar-refractivity contribution in [2.24, 2.45) is 0 Å². The largest absolute Gasteiger partial charge is 0.387 e. The molecule has 0 aromatic heterocycles. The van der Waals surface area contributed by atoms with Crippen molar-refractivity contribution in [1.29, 1.82) is 0 Å². The first-order valence-corrected chi connectivity index (χ1v) is 7.14. The summed E-state index contributed by atoms with van der Waals surface area (Å²) < 4.78 is 26.3. The average molecular weight is 298 g/mol. The minimum absolute atomic E-state index is 0.0146. The van der Waals surface area contributed by atoms with Gasteiger partial charge >= 0.3 is 0 Å². The molecule has 0 aliphatic carbocycles. The number of hydrogen-bond acceptors (Lipinski definition) is 3. The maximum absolute atomic E-state index is 13.5. The third kappa shape index (κ3) is 3.98.